The van der Waals surface area contributed by atoms with Crippen LogP contribution in [0.25, 0.3) is 0 Å². The van der Waals surface area contributed by atoms with Crippen LogP contribution in [0.4, 0.5) is 5.69 Å². The molecule has 35 heavy (non-hydrogen) atoms. The summed E-state index contributed by atoms with van der Waals surface area (Å²) >= 11 is 1.42. The molecule has 1 unspecified atom stereocenters. The van der Waals surface area contributed by atoms with Crippen molar-refractivity contribution in [2.45, 2.75) is 45.4 Å². The van der Waals surface area contributed by atoms with Crippen molar-refractivity contribution in [2.24, 2.45) is 10.5 Å². The average molecular weight is 517 g/mol. The Morgan fingerprint density at radius 3 is 2.23 bits per heavy atom. The molecule has 188 valence electrons. The molecule has 1 aliphatic rings. The normalized spacial score (nSPS) is 18.3. The average Bonchev–Trinajstić information content (AvgIpc) is 3.18. The molecule has 0 saturated carbocycles. The molecule has 1 atom stereocenters. The summed E-state index contributed by atoms with van der Waals surface area (Å²) in [5.74, 6) is -0.246. The van der Waals surface area contributed by atoms with E-state index in [0.717, 1.165) is 17.4 Å². The Morgan fingerprint density at radius 1 is 1.06 bits per heavy atom. The second-order valence-electron chi connectivity index (χ2n) is 9.42. The molecule has 2 N–H and O–H groups in total. The zero-order valence-corrected chi connectivity index (χ0v) is 22.3. The number of sulfonamides is 1. The van der Waals surface area contributed by atoms with E-state index >= 15 is 0 Å². The van der Waals surface area contributed by atoms with Gasteiger partial charge in [0, 0.05) is 36.1 Å². The van der Waals surface area contributed by atoms with E-state index in [1.54, 1.807) is 19.1 Å². The van der Waals surface area contributed by atoms with E-state index < -0.39 is 20.3 Å². The molecule has 10 heteroatoms. The number of hydrazone groups is 1. The minimum atomic E-state index is -3.41. The van der Waals surface area contributed by atoms with Crippen LogP contribution in [-0.2, 0) is 24.5 Å². The summed E-state index contributed by atoms with van der Waals surface area (Å²) in [7, 11) is -3.41. The summed E-state index contributed by atoms with van der Waals surface area (Å²) in [5, 5.41) is 9.75. The van der Waals surface area contributed by atoms with Crippen LogP contribution in [0.15, 0.2) is 59.7 Å². The minimum Gasteiger partial charge on any atom is -0.326 e. The molecule has 1 aliphatic heterocycles. The van der Waals surface area contributed by atoms with Gasteiger partial charge in [0.05, 0.1) is 6.26 Å². The van der Waals surface area contributed by atoms with Gasteiger partial charge in [0.1, 0.15) is 9.91 Å². The highest BCUT2D eigenvalue weighted by Gasteiger charge is 2.50. The van der Waals surface area contributed by atoms with Gasteiger partial charge in [-0.15, -0.1) is 0 Å². The lowest BCUT2D eigenvalue weighted by atomic mass is 9.93. The maximum Gasteiger partial charge on any atom is 0.249 e. The summed E-state index contributed by atoms with van der Waals surface area (Å²) in [6, 6.07) is 16.8. The molecule has 3 rings (SSSR count). The first-order valence-corrected chi connectivity index (χ1v) is 14.1. The predicted octanol–water partition coefficient (Wildman–Crippen LogP) is 4.11. The second kappa shape index (κ2) is 10.5. The molecule has 0 aliphatic carbocycles. The Kier molecular flexibility index (Phi) is 8.08. The van der Waals surface area contributed by atoms with Gasteiger partial charge >= 0.3 is 0 Å². The number of nitrogens with one attached hydrogen (secondary N) is 2. The number of carbonyl (C=O) groups is 2. The van der Waals surface area contributed by atoms with Gasteiger partial charge < -0.3 is 5.32 Å². The number of anilines is 1. The van der Waals surface area contributed by atoms with Crippen molar-refractivity contribution in [3.63, 3.8) is 0 Å². The molecular formula is C25H32N4O4S2. The Labute approximate surface area is 211 Å². The third-order valence-electron chi connectivity index (χ3n) is 5.42. The van der Waals surface area contributed by atoms with Crippen molar-refractivity contribution < 1.29 is 18.0 Å². The van der Waals surface area contributed by atoms with E-state index in [2.05, 4.69) is 10.0 Å². The SMILES string of the molecule is CCC(=O)Nc1ccc(C2=NN(C(=O)C(C)(C)C)C(CCNS(C)(=O)=O)(c3ccccc3)S2)cc1. The van der Waals surface area contributed by atoms with E-state index in [0.29, 0.717) is 23.6 Å². The van der Waals surface area contributed by atoms with Gasteiger partial charge in [-0.2, -0.15) is 5.10 Å². The third-order valence-corrected chi connectivity index (χ3v) is 7.61. The van der Waals surface area contributed by atoms with E-state index in [1.165, 1.54) is 16.8 Å². The zero-order chi connectivity index (χ0) is 25.9. The molecule has 0 spiro atoms. The zero-order valence-electron chi connectivity index (χ0n) is 20.7. The van der Waals surface area contributed by atoms with Crippen LogP contribution in [0.5, 0.6) is 0 Å². The molecule has 0 bridgehead atoms. The number of rotatable bonds is 8. The first kappa shape index (κ1) is 26.9. The molecule has 2 amide bonds. The highest BCUT2D eigenvalue weighted by molar-refractivity contribution is 8.15. The lowest BCUT2D eigenvalue weighted by Gasteiger charge is -2.38. The standard InChI is InChI=1S/C25H32N4O4S2/c1-6-21(30)27-20-14-12-18(13-15-20)22-28-29(23(31)24(2,3)4)25(34-22,16-17-26-35(5,32)33)19-10-8-7-9-11-19/h7-15,26H,6,16-17H2,1-5H3,(H,27,30). The van der Waals surface area contributed by atoms with Crippen molar-refractivity contribution >= 4 is 44.3 Å². The van der Waals surface area contributed by atoms with Gasteiger partial charge in [-0.25, -0.2) is 18.1 Å². The van der Waals surface area contributed by atoms with Crippen LogP contribution in [0.1, 0.15) is 51.7 Å². The van der Waals surface area contributed by atoms with Crippen LogP contribution in [0.2, 0.25) is 0 Å². The molecule has 0 aromatic heterocycles. The van der Waals surface area contributed by atoms with Crippen LogP contribution in [0.3, 0.4) is 0 Å². The van der Waals surface area contributed by atoms with Gasteiger partial charge in [-0.3, -0.25) is 9.59 Å². The van der Waals surface area contributed by atoms with E-state index in [-0.39, 0.29) is 18.4 Å². The number of amides is 2. The van der Waals surface area contributed by atoms with Crippen molar-refractivity contribution in [1.29, 1.82) is 0 Å². The largest absolute Gasteiger partial charge is 0.326 e. The summed E-state index contributed by atoms with van der Waals surface area (Å²) in [4.78, 5) is 24.4. The number of hydrogen-bond donors (Lipinski definition) is 2. The topological polar surface area (TPSA) is 108 Å². The fourth-order valence-corrected chi connectivity index (χ4v) is 5.41. The maximum atomic E-state index is 13.6. The van der Waals surface area contributed by atoms with Gasteiger partial charge in [-0.05, 0) is 17.7 Å². The summed E-state index contributed by atoms with van der Waals surface area (Å²) in [5.41, 5.74) is 1.62. The van der Waals surface area contributed by atoms with Crippen LogP contribution < -0.4 is 10.0 Å². The number of nitrogens with zero attached hydrogens (tertiary/aromatic N) is 2. The van der Waals surface area contributed by atoms with Crippen LogP contribution in [-0.4, -0.2) is 43.1 Å². The van der Waals surface area contributed by atoms with E-state index in [4.69, 9.17) is 5.10 Å². The molecule has 1 heterocycles. The lowest BCUT2D eigenvalue weighted by molar-refractivity contribution is -0.143. The molecule has 8 nitrogen and oxygen atoms in total. The van der Waals surface area contributed by atoms with Gasteiger partial charge in [0.15, 0.2) is 0 Å². The Morgan fingerprint density at radius 2 is 1.69 bits per heavy atom. The second-order valence-corrected chi connectivity index (χ2v) is 12.5. The Bertz CT molecular complexity index is 1210. The van der Waals surface area contributed by atoms with Crippen LogP contribution >= 0.6 is 11.8 Å². The van der Waals surface area contributed by atoms with Crippen LogP contribution in [0, 0.1) is 5.41 Å². The van der Waals surface area contributed by atoms with Crippen molar-refractivity contribution in [3.05, 3.63) is 65.7 Å². The highest BCUT2D eigenvalue weighted by Crippen LogP contribution is 2.50. The van der Waals surface area contributed by atoms with Crippen molar-refractivity contribution in [2.75, 3.05) is 18.1 Å². The third kappa shape index (κ3) is 6.50. The monoisotopic (exact) mass is 516 g/mol. The highest BCUT2D eigenvalue weighted by atomic mass is 32.2. The fourth-order valence-electron chi connectivity index (χ4n) is 3.57. The smallest absolute Gasteiger partial charge is 0.249 e. The van der Waals surface area contributed by atoms with Gasteiger partial charge in [0.25, 0.3) is 0 Å². The lowest BCUT2D eigenvalue weighted by Crippen LogP contribution is -2.47. The summed E-state index contributed by atoms with van der Waals surface area (Å²) in [6.07, 6.45) is 1.81. The minimum absolute atomic E-state index is 0.0752. The van der Waals surface area contributed by atoms with Gasteiger partial charge in [0.2, 0.25) is 21.8 Å². The Hall–Kier alpha value is -2.69. The molecule has 2 aromatic rings. The molecule has 0 fully saturated rings. The first-order chi connectivity index (χ1) is 16.4. The van der Waals surface area contributed by atoms with Crippen molar-refractivity contribution in [3.8, 4) is 0 Å². The van der Waals surface area contributed by atoms with Crippen molar-refractivity contribution in [1.82, 2.24) is 9.73 Å². The molecule has 2 aromatic carbocycles. The molecular weight excluding hydrogens is 484 g/mol. The number of benzene rings is 2. The van der Waals surface area contributed by atoms with Gasteiger partial charge in [-0.1, -0.05) is 81.9 Å². The molecule has 0 saturated heterocycles. The molecule has 0 radical (unpaired) electrons. The first-order valence-electron chi connectivity index (χ1n) is 11.4. The number of hydrogen-bond acceptors (Lipinski definition) is 6. The summed E-state index contributed by atoms with van der Waals surface area (Å²) < 4.78 is 26.1. The maximum absolute atomic E-state index is 13.6. The fraction of sp³-hybridized carbons (Fsp3) is 0.400. The predicted molar refractivity (Wildman–Crippen MR) is 141 cm³/mol. The van der Waals surface area contributed by atoms with E-state index in [9.17, 15) is 18.0 Å². The summed E-state index contributed by atoms with van der Waals surface area (Å²) in [6.45, 7) is 7.44. The number of thioether (sulfide) groups is 1. The van der Waals surface area contributed by atoms with E-state index in [1.807, 2.05) is 63.2 Å². The quantitative estimate of drug-likeness (QED) is 0.549. The Balaban J connectivity index is 2.05. The number of carbonyl (C=O) groups excluding carboxylic acids is 2.